The largest absolute Gasteiger partial charge is 0.489 e. The summed E-state index contributed by atoms with van der Waals surface area (Å²) in [5.74, 6) is -3.63. The predicted octanol–water partition coefficient (Wildman–Crippen LogP) is 3.18. The molecule has 2 aromatic heterocycles. The Morgan fingerprint density at radius 1 is 1.32 bits per heavy atom. The van der Waals surface area contributed by atoms with Crippen LogP contribution in [-0.4, -0.2) is 62.0 Å². The highest BCUT2D eigenvalue weighted by Gasteiger charge is 2.29. The fraction of sp³-hybridized carbons (Fsp3) is 0.583. The first-order valence-corrected chi connectivity index (χ1v) is 12.0. The molecule has 0 aliphatic heterocycles. The molecule has 11 nitrogen and oxygen atoms in total. The number of hydrogen-bond donors (Lipinski definition) is 2. The van der Waals surface area contributed by atoms with Gasteiger partial charge in [-0.2, -0.15) is 0 Å². The molecule has 0 bridgehead atoms. The number of amidine groups is 1. The molecular formula is C24H32F2N6O5. The molecular weight excluding hydrogens is 490 g/mol. The fourth-order valence-electron chi connectivity index (χ4n) is 4.21. The predicted molar refractivity (Wildman–Crippen MR) is 128 cm³/mol. The number of aryl methyl sites for hydroxylation is 2. The number of halogens is 2. The molecule has 2 atom stereocenters. The lowest BCUT2D eigenvalue weighted by molar-refractivity contribution is -0.147. The number of hydrogen-bond acceptors (Lipinski definition) is 9. The first-order chi connectivity index (χ1) is 17.5. The minimum Gasteiger partial charge on any atom is -0.489 e. The third-order valence-corrected chi connectivity index (χ3v) is 6.21. The normalized spacial score (nSPS) is 18.4. The Morgan fingerprint density at radius 2 is 2.08 bits per heavy atom. The standard InChI is InChI=1S/C24H32F2N6O5/c1-14-19(37-16-7-5-6-15(12-16)23(34)36-4)9-8-17(27-14)22-18(32(3)31-29-22)13-20(30-35)28-21(33)10-11-24(2,25)26/h8-9,15-16,35H,5-7,10-13H2,1-4H3,(H,28,30,33)/t15-,16-/m0/s1. The molecule has 1 saturated carbocycles. The van der Waals surface area contributed by atoms with Crippen molar-refractivity contribution < 1.29 is 33.1 Å². The average molecular weight is 523 g/mol. The Bertz CT molecular complexity index is 1150. The first kappa shape index (κ1) is 27.9. The number of carbonyl (C=O) groups excluding carboxylic acids is 2. The van der Waals surface area contributed by atoms with Crippen molar-refractivity contribution in [3.63, 3.8) is 0 Å². The Morgan fingerprint density at radius 3 is 2.73 bits per heavy atom. The van der Waals surface area contributed by atoms with E-state index in [9.17, 15) is 23.6 Å². The molecule has 0 unspecified atom stereocenters. The number of nitrogens with one attached hydrogen (secondary N) is 1. The number of carbonyl (C=O) groups is 2. The third-order valence-electron chi connectivity index (χ3n) is 6.21. The second-order valence-corrected chi connectivity index (χ2v) is 9.26. The third kappa shape index (κ3) is 7.67. The van der Waals surface area contributed by atoms with Gasteiger partial charge in [0.05, 0.1) is 42.6 Å². The molecule has 3 rings (SSSR count). The molecule has 1 aliphatic rings. The number of nitrogens with zero attached hydrogens (tertiary/aromatic N) is 5. The summed E-state index contributed by atoms with van der Waals surface area (Å²) in [6.45, 7) is 2.52. The number of oxime groups is 1. The number of ether oxygens (including phenoxy) is 2. The van der Waals surface area contributed by atoms with E-state index in [0.29, 0.717) is 34.9 Å². The molecule has 202 valence electrons. The number of rotatable bonds is 9. The van der Waals surface area contributed by atoms with Crippen LogP contribution in [0.1, 0.15) is 56.8 Å². The summed E-state index contributed by atoms with van der Waals surface area (Å²) in [7, 11) is 3.02. The highest BCUT2D eigenvalue weighted by Crippen LogP contribution is 2.31. The number of esters is 1. The van der Waals surface area contributed by atoms with Gasteiger partial charge in [-0.1, -0.05) is 10.4 Å². The molecule has 1 fully saturated rings. The zero-order valence-corrected chi connectivity index (χ0v) is 21.3. The van der Waals surface area contributed by atoms with Crippen molar-refractivity contribution in [3.8, 4) is 17.1 Å². The summed E-state index contributed by atoms with van der Waals surface area (Å²) >= 11 is 0. The van der Waals surface area contributed by atoms with E-state index in [1.165, 1.54) is 11.8 Å². The van der Waals surface area contributed by atoms with Gasteiger partial charge in [-0.3, -0.25) is 14.3 Å². The van der Waals surface area contributed by atoms with Crippen LogP contribution < -0.4 is 10.1 Å². The number of aromatic nitrogens is 4. The molecule has 1 aliphatic carbocycles. The van der Waals surface area contributed by atoms with Crippen molar-refractivity contribution in [2.24, 2.45) is 18.1 Å². The van der Waals surface area contributed by atoms with Crippen LogP contribution in [0.3, 0.4) is 0 Å². The Labute approximate surface area is 213 Å². The molecule has 1 amide bonds. The van der Waals surface area contributed by atoms with Gasteiger partial charge in [0.1, 0.15) is 11.4 Å². The maximum atomic E-state index is 13.0. The summed E-state index contributed by atoms with van der Waals surface area (Å²) in [6, 6.07) is 3.49. The molecule has 2 N–H and O–H groups in total. The average Bonchev–Trinajstić information content (AvgIpc) is 3.22. The summed E-state index contributed by atoms with van der Waals surface area (Å²) in [5, 5.41) is 23.0. The molecule has 37 heavy (non-hydrogen) atoms. The van der Waals surface area contributed by atoms with Crippen LogP contribution in [0.25, 0.3) is 11.4 Å². The van der Waals surface area contributed by atoms with Gasteiger partial charge in [0.25, 0.3) is 0 Å². The summed E-state index contributed by atoms with van der Waals surface area (Å²) in [5.41, 5.74) is 1.98. The van der Waals surface area contributed by atoms with E-state index >= 15 is 0 Å². The summed E-state index contributed by atoms with van der Waals surface area (Å²) in [4.78, 5) is 28.5. The van der Waals surface area contributed by atoms with Crippen molar-refractivity contribution in [2.45, 2.75) is 70.8 Å². The van der Waals surface area contributed by atoms with E-state index in [-0.39, 0.29) is 30.2 Å². The van der Waals surface area contributed by atoms with E-state index < -0.39 is 24.7 Å². The van der Waals surface area contributed by atoms with Crippen LogP contribution in [0.5, 0.6) is 5.75 Å². The monoisotopic (exact) mass is 522 g/mol. The number of pyridine rings is 1. The van der Waals surface area contributed by atoms with Crippen LogP contribution in [0.15, 0.2) is 17.3 Å². The van der Waals surface area contributed by atoms with E-state index in [1.54, 1.807) is 26.1 Å². The van der Waals surface area contributed by atoms with Crippen LogP contribution in [0.4, 0.5) is 8.78 Å². The van der Waals surface area contributed by atoms with Gasteiger partial charge in [0, 0.05) is 19.9 Å². The van der Waals surface area contributed by atoms with E-state index in [2.05, 4.69) is 25.8 Å². The van der Waals surface area contributed by atoms with Crippen molar-refractivity contribution >= 4 is 17.7 Å². The van der Waals surface area contributed by atoms with Gasteiger partial charge in [0.15, 0.2) is 5.84 Å². The van der Waals surface area contributed by atoms with Gasteiger partial charge >= 0.3 is 5.97 Å². The summed E-state index contributed by atoms with van der Waals surface area (Å²) in [6.07, 6.45) is 1.80. The zero-order chi connectivity index (χ0) is 27.2. The van der Waals surface area contributed by atoms with Crippen molar-refractivity contribution in [1.82, 2.24) is 25.3 Å². The van der Waals surface area contributed by atoms with E-state index in [4.69, 9.17) is 9.47 Å². The maximum Gasteiger partial charge on any atom is 0.308 e. The Balaban J connectivity index is 1.71. The van der Waals surface area contributed by atoms with Gasteiger partial charge in [-0.25, -0.2) is 13.8 Å². The lowest BCUT2D eigenvalue weighted by atomic mass is 9.87. The second kappa shape index (κ2) is 12.1. The summed E-state index contributed by atoms with van der Waals surface area (Å²) < 4.78 is 38.6. The van der Waals surface area contributed by atoms with E-state index in [0.717, 1.165) is 26.2 Å². The maximum absolute atomic E-state index is 13.0. The fourth-order valence-corrected chi connectivity index (χ4v) is 4.21. The number of methoxy groups -OCH3 is 1. The van der Waals surface area contributed by atoms with Crippen LogP contribution in [0, 0.1) is 12.8 Å². The highest BCUT2D eigenvalue weighted by atomic mass is 19.3. The number of alkyl halides is 2. The lowest BCUT2D eigenvalue weighted by Crippen LogP contribution is -2.33. The van der Waals surface area contributed by atoms with Crippen molar-refractivity contribution in [1.29, 1.82) is 0 Å². The van der Waals surface area contributed by atoms with Crippen molar-refractivity contribution in [3.05, 3.63) is 23.5 Å². The van der Waals surface area contributed by atoms with Gasteiger partial charge < -0.3 is 20.0 Å². The van der Waals surface area contributed by atoms with Crippen LogP contribution in [0.2, 0.25) is 0 Å². The quantitative estimate of drug-likeness (QED) is 0.168. The molecule has 13 heteroatoms. The number of amides is 1. The molecule has 0 radical (unpaired) electrons. The molecule has 0 aromatic carbocycles. The van der Waals surface area contributed by atoms with Gasteiger partial charge in [-0.05, 0) is 51.7 Å². The minimum absolute atomic E-state index is 0.0699. The molecule has 2 aromatic rings. The topological polar surface area (TPSA) is 141 Å². The SMILES string of the molecule is COC(=O)[C@H]1CCC[C@H](Oc2ccc(-c3nnn(C)c3C/C(=N/O)NC(=O)CCC(C)(F)F)nc2C)C1. The minimum atomic E-state index is -2.98. The zero-order valence-electron chi connectivity index (χ0n) is 21.3. The lowest BCUT2D eigenvalue weighted by Gasteiger charge is -2.28. The van der Waals surface area contributed by atoms with E-state index in [1.807, 2.05) is 0 Å². The van der Waals surface area contributed by atoms with Crippen molar-refractivity contribution in [2.75, 3.05) is 7.11 Å². The molecule has 0 spiro atoms. The molecule has 2 heterocycles. The van der Waals surface area contributed by atoms with Gasteiger partial charge in [0.2, 0.25) is 11.8 Å². The highest BCUT2D eigenvalue weighted by molar-refractivity contribution is 5.99. The van der Waals surface area contributed by atoms with Crippen LogP contribution >= 0.6 is 0 Å². The van der Waals surface area contributed by atoms with Crippen LogP contribution in [-0.2, 0) is 27.8 Å². The smallest absolute Gasteiger partial charge is 0.308 e. The second-order valence-electron chi connectivity index (χ2n) is 9.26. The molecule has 0 saturated heterocycles. The Kier molecular flexibility index (Phi) is 9.11. The van der Waals surface area contributed by atoms with Gasteiger partial charge in [-0.15, -0.1) is 5.10 Å². The Hall–Kier alpha value is -3.64. The first-order valence-electron chi connectivity index (χ1n) is 12.0.